The van der Waals surface area contributed by atoms with Gasteiger partial charge in [-0.15, -0.1) is 0 Å². The Morgan fingerprint density at radius 3 is 2.62 bits per heavy atom. The van der Waals surface area contributed by atoms with Crippen LogP contribution in [0.5, 0.6) is 17.2 Å². The largest absolute Gasteiger partial charge is 0.495 e. The zero-order valence-electron chi connectivity index (χ0n) is 14.0. The van der Waals surface area contributed by atoms with Crippen molar-refractivity contribution in [1.82, 2.24) is 4.72 Å². The average molecular weight is 378 g/mol. The van der Waals surface area contributed by atoms with Crippen molar-refractivity contribution in [2.75, 3.05) is 32.2 Å². The number of rotatable bonds is 6. The molecule has 0 atom stereocenters. The summed E-state index contributed by atoms with van der Waals surface area (Å²) in [6.45, 7) is 0.348. The number of amides is 1. The number of sulfonamides is 1. The zero-order valence-corrected chi connectivity index (χ0v) is 14.8. The molecule has 0 spiro atoms. The van der Waals surface area contributed by atoms with Gasteiger partial charge < -0.3 is 19.5 Å². The van der Waals surface area contributed by atoms with Gasteiger partial charge in [-0.3, -0.25) is 4.79 Å². The van der Waals surface area contributed by atoms with Gasteiger partial charge in [-0.2, -0.15) is 0 Å². The van der Waals surface area contributed by atoms with E-state index in [-0.39, 0.29) is 4.90 Å². The van der Waals surface area contributed by atoms with E-state index in [4.69, 9.17) is 14.2 Å². The van der Waals surface area contributed by atoms with Crippen LogP contribution >= 0.6 is 0 Å². The van der Waals surface area contributed by atoms with Crippen molar-refractivity contribution < 1.29 is 27.4 Å². The van der Waals surface area contributed by atoms with E-state index in [1.165, 1.54) is 25.3 Å². The van der Waals surface area contributed by atoms with Gasteiger partial charge in [-0.1, -0.05) is 12.1 Å². The summed E-state index contributed by atoms with van der Waals surface area (Å²) in [5.41, 5.74) is 0.457. The first-order chi connectivity index (χ1) is 12.5. The van der Waals surface area contributed by atoms with Crippen molar-refractivity contribution >= 4 is 21.6 Å². The lowest BCUT2D eigenvalue weighted by molar-refractivity contribution is -0.115. The van der Waals surface area contributed by atoms with Crippen LogP contribution in [0.3, 0.4) is 0 Å². The molecule has 2 aromatic carbocycles. The predicted molar refractivity (Wildman–Crippen MR) is 94.2 cm³/mol. The van der Waals surface area contributed by atoms with Gasteiger partial charge in [0.2, 0.25) is 15.9 Å². The molecule has 0 unspecified atom stereocenters. The van der Waals surface area contributed by atoms with Gasteiger partial charge in [0, 0.05) is 6.07 Å². The molecule has 1 amide bonds. The third-order valence-corrected chi connectivity index (χ3v) is 5.03. The van der Waals surface area contributed by atoms with E-state index in [1.807, 2.05) is 0 Å². The van der Waals surface area contributed by atoms with Crippen molar-refractivity contribution in [2.45, 2.75) is 4.90 Å². The Labute approximate surface area is 151 Å². The monoisotopic (exact) mass is 378 g/mol. The molecular weight excluding hydrogens is 360 g/mol. The van der Waals surface area contributed by atoms with E-state index in [0.29, 0.717) is 36.1 Å². The highest BCUT2D eigenvalue weighted by molar-refractivity contribution is 7.89. The summed E-state index contributed by atoms with van der Waals surface area (Å²) in [5, 5.41) is 2.60. The highest BCUT2D eigenvalue weighted by Crippen LogP contribution is 2.32. The molecule has 0 saturated carbocycles. The normalized spacial score (nSPS) is 13.1. The Hall–Kier alpha value is -2.78. The van der Waals surface area contributed by atoms with Crippen LogP contribution in [0.1, 0.15) is 0 Å². The molecule has 0 aliphatic carbocycles. The van der Waals surface area contributed by atoms with Crippen molar-refractivity contribution in [3.8, 4) is 17.2 Å². The number of fused-ring (bicyclic) bond motifs is 1. The molecule has 1 heterocycles. The van der Waals surface area contributed by atoms with Crippen LogP contribution < -0.4 is 24.2 Å². The second-order valence-corrected chi connectivity index (χ2v) is 7.15. The summed E-state index contributed by atoms with van der Waals surface area (Å²) in [6, 6.07) is 11.1. The van der Waals surface area contributed by atoms with Gasteiger partial charge in [-0.05, 0) is 24.3 Å². The molecule has 3 rings (SSSR count). The molecular formula is C17H18N2O6S. The number of nitrogens with one attached hydrogen (secondary N) is 2. The fraction of sp³-hybridized carbons (Fsp3) is 0.235. The molecule has 1 aliphatic heterocycles. The van der Waals surface area contributed by atoms with Crippen molar-refractivity contribution in [1.29, 1.82) is 0 Å². The number of anilines is 1. The van der Waals surface area contributed by atoms with Crippen LogP contribution in [0.15, 0.2) is 47.4 Å². The molecule has 0 bridgehead atoms. The molecule has 138 valence electrons. The third-order valence-electron chi connectivity index (χ3n) is 3.63. The quantitative estimate of drug-likeness (QED) is 0.787. The molecule has 0 radical (unpaired) electrons. The first-order valence-electron chi connectivity index (χ1n) is 7.82. The molecule has 26 heavy (non-hydrogen) atoms. The second kappa shape index (κ2) is 7.63. The minimum Gasteiger partial charge on any atom is -0.495 e. The van der Waals surface area contributed by atoms with E-state index in [1.54, 1.807) is 24.3 Å². The van der Waals surface area contributed by atoms with Gasteiger partial charge in [0.25, 0.3) is 0 Å². The minimum atomic E-state index is -3.87. The van der Waals surface area contributed by atoms with Crippen LogP contribution in [0, 0.1) is 0 Å². The number of hydrogen-bond acceptors (Lipinski definition) is 6. The Morgan fingerprint density at radius 2 is 1.85 bits per heavy atom. The molecule has 2 N–H and O–H groups in total. The van der Waals surface area contributed by atoms with E-state index in [9.17, 15) is 13.2 Å². The fourth-order valence-electron chi connectivity index (χ4n) is 2.38. The van der Waals surface area contributed by atoms with E-state index >= 15 is 0 Å². The van der Waals surface area contributed by atoms with Gasteiger partial charge in [-0.25, -0.2) is 13.1 Å². The van der Waals surface area contributed by atoms with Crippen LogP contribution in [0.25, 0.3) is 0 Å². The van der Waals surface area contributed by atoms with E-state index in [0.717, 1.165) is 0 Å². The average Bonchev–Trinajstić information content (AvgIpc) is 2.66. The third kappa shape index (κ3) is 4.06. The Bertz CT molecular complexity index is 913. The summed E-state index contributed by atoms with van der Waals surface area (Å²) in [6.07, 6.45) is 0. The number of carbonyl (C=O) groups excluding carboxylic acids is 1. The minimum absolute atomic E-state index is 0.00755. The smallest absolute Gasteiger partial charge is 0.241 e. The number of methoxy groups -OCH3 is 1. The second-order valence-electron chi connectivity index (χ2n) is 5.38. The van der Waals surface area contributed by atoms with Gasteiger partial charge in [0.1, 0.15) is 19.0 Å². The van der Waals surface area contributed by atoms with Gasteiger partial charge in [0.15, 0.2) is 11.5 Å². The van der Waals surface area contributed by atoms with E-state index in [2.05, 4.69) is 10.0 Å². The molecule has 1 aliphatic rings. The summed E-state index contributed by atoms with van der Waals surface area (Å²) in [7, 11) is -2.39. The molecule has 0 fully saturated rings. The maximum Gasteiger partial charge on any atom is 0.241 e. The zero-order chi connectivity index (χ0) is 18.6. The molecule has 2 aromatic rings. The van der Waals surface area contributed by atoms with E-state index < -0.39 is 22.5 Å². The predicted octanol–water partition coefficient (Wildman–Crippen LogP) is 1.38. The van der Waals surface area contributed by atoms with Crippen LogP contribution in [-0.2, 0) is 14.8 Å². The van der Waals surface area contributed by atoms with Crippen molar-refractivity contribution in [3.63, 3.8) is 0 Å². The van der Waals surface area contributed by atoms with Crippen molar-refractivity contribution in [3.05, 3.63) is 42.5 Å². The highest BCUT2D eigenvalue weighted by Gasteiger charge is 2.20. The Balaban J connectivity index is 1.65. The number of hydrogen-bond donors (Lipinski definition) is 2. The maximum absolute atomic E-state index is 12.4. The van der Waals surface area contributed by atoms with Crippen LogP contribution in [0.2, 0.25) is 0 Å². The van der Waals surface area contributed by atoms with Crippen LogP contribution in [0.4, 0.5) is 5.69 Å². The number of para-hydroxylation sites is 2. The topological polar surface area (TPSA) is 103 Å². The Morgan fingerprint density at radius 1 is 1.12 bits per heavy atom. The first kappa shape index (κ1) is 18.0. The fourth-order valence-corrected chi connectivity index (χ4v) is 3.37. The number of ether oxygens (including phenoxy) is 3. The summed E-state index contributed by atoms with van der Waals surface area (Å²) in [5.74, 6) is 0.813. The molecule has 0 saturated heterocycles. The molecule has 8 nitrogen and oxygen atoms in total. The molecule has 0 aromatic heterocycles. The number of benzene rings is 2. The molecule has 9 heteroatoms. The van der Waals surface area contributed by atoms with Crippen molar-refractivity contribution in [2.24, 2.45) is 0 Å². The first-order valence-corrected chi connectivity index (χ1v) is 9.30. The summed E-state index contributed by atoms with van der Waals surface area (Å²) < 4.78 is 42.9. The summed E-state index contributed by atoms with van der Waals surface area (Å²) >= 11 is 0. The maximum atomic E-state index is 12.4. The summed E-state index contributed by atoms with van der Waals surface area (Å²) in [4.78, 5) is 12.0. The lowest BCUT2D eigenvalue weighted by Gasteiger charge is -2.18. The number of carbonyl (C=O) groups is 1. The Kier molecular flexibility index (Phi) is 5.29. The highest BCUT2D eigenvalue weighted by atomic mass is 32.2. The lowest BCUT2D eigenvalue weighted by atomic mass is 10.3. The standard InChI is InChI=1S/C17H18N2O6S/c1-23-14-5-3-2-4-13(14)19-17(20)11-18-26(21,22)12-6-7-15-16(10-12)25-9-8-24-15/h2-7,10,18H,8-9,11H2,1H3,(H,19,20). The van der Waals surface area contributed by atoms with Crippen LogP contribution in [-0.4, -0.2) is 41.2 Å². The van der Waals surface area contributed by atoms with Gasteiger partial charge in [0.05, 0.1) is 24.2 Å². The SMILES string of the molecule is COc1ccccc1NC(=O)CNS(=O)(=O)c1ccc2c(c1)OCCO2. The van der Waals surface area contributed by atoms with Gasteiger partial charge >= 0.3 is 0 Å². The lowest BCUT2D eigenvalue weighted by Crippen LogP contribution is -2.33.